The Morgan fingerprint density at radius 1 is 0.833 bits per heavy atom. The number of halogens is 6. The fourth-order valence-electron chi connectivity index (χ4n) is 0.376. The lowest BCUT2D eigenvalue weighted by Crippen LogP contribution is -2.19. The van der Waals surface area contributed by atoms with Gasteiger partial charge >= 0.3 is 12.4 Å². The van der Waals surface area contributed by atoms with E-state index in [4.69, 9.17) is 0 Å². The molecule has 0 bridgehead atoms. The van der Waals surface area contributed by atoms with E-state index in [1.165, 1.54) is 0 Å². The maximum absolute atomic E-state index is 11.3. The Hall–Kier alpha value is -0.460. The highest BCUT2D eigenvalue weighted by Gasteiger charge is 2.30. The van der Waals surface area contributed by atoms with Crippen LogP contribution in [-0.2, 0) is 4.74 Å². The maximum Gasteiger partial charge on any atom is 0.411 e. The highest BCUT2D eigenvalue weighted by atomic mass is 19.4. The van der Waals surface area contributed by atoms with Crippen molar-refractivity contribution in [3.05, 3.63) is 0 Å². The van der Waals surface area contributed by atoms with E-state index < -0.39 is 32.0 Å². The van der Waals surface area contributed by atoms with E-state index in [1.807, 2.05) is 0 Å². The molecular weight excluding hydrogens is 190 g/mol. The number of ether oxygens (including phenoxy) is 1. The molecule has 0 aromatic carbocycles. The van der Waals surface area contributed by atoms with Crippen LogP contribution < -0.4 is 0 Å². The van der Waals surface area contributed by atoms with E-state index in [9.17, 15) is 26.3 Å². The van der Waals surface area contributed by atoms with Gasteiger partial charge in [-0.15, -0.1) is 0 Å². The molecule has 1 nitrogen and oxygen atoms in total. The first-order valence-electron chi connectivity index (χ1n) is 2.92. The number of hydrogen-bond acceptors (Lipinski definition) is 1. The summed E-state index contributed by atoms with van der Waals surface area (Å²) in [6.45, 7) is -2.59. The summed E-state index contributed by atoms with van der Waals surface area (Å²) in [6, 6.07) is 0. The van der Waals surface area contributed by atoms with Crippen LogP contribution in [0.3, 0.4) is 0 Å². The summed E-state index contributed by atoms with van der Waals surface area (Å²) in [5.41, 5.74) is 0. The van der Waals surface area contributed by atoms with Gasteiger partial charge in [0.1, 0.15) is 6.61 Å². The second-order valence-corrected chi connectivity index (χ2v) is 2.03. The summed E-state index contributed by atoms with van der Waals surface area (Å²) >= 11 is 0. The Morgan fingerprint density at radius 2 is 1.33 bits per heavy atom. The van der Waals surface area contributed by atoms with E-state index in [2.05, 4.69) is 4.74 Å². The van der Waals surface area contributed by atoms with Crippen molar-refractivity contribution in [1.29, 1.82) is 0 Å². The largest absolute Gasteiger partial charge is 0.411 e. The van der Waals surface area contributed by atoms with Crippen LogP contribution in [0, 0.1) is 0 Å². The fourth-order valence-corrected chi connectivity index (χ4v) is 0.376. The maximum atomic E-state index is 11.3. The first kappa shape index (κ1) is 11.5. The zero-order valence-corrected chi connectivity index (χ0v) is 5.80. The molecule has 0 aliphatic carbocycles. The third kappa shape index (κ3) is 9.54. The molecule has 7 heteroatoms. The summed E-state index contributed by atoms with van der Waals surface area (Å²) in [7, 11) is 0. The molecule has 0 spiro atoms. The van der Waals surface area contributed by atoms with Gasteiger partial charge < -0.3 is 4.74 Å². The van der Waals surface area contributed by atoms with E-state index in [0.717, 1.165) is 0 Å². The summed E-state index contributed by atoms with van der Waals surface area (Å²) in [6.07, 6.45) is -10.4. The van der Waals surface area contributed by atoms with Crippen molar-refractivity contribution in [2.24, 2.45) is 0 Å². The van der Waals surface area contributed by atoms with Crippen LogP contribution in [0.25, 0.3) is 0 Å². The number of rotatable bonds is 3. The highest BCUT2D eigenvalue weighted by molar-refractivity contribution is 4.50. The lowest BCUT2D eigenvalue weighted by atomic mass is 10.4. The Labute approximate surface area is 64.3 Å². The summed E-state index contributed by atoms with van der Waals surface area (Å²) in [5, 5.41) is 0. The van der Waals surface area contributed by atoms with Crippen molar-refractivity contribution in [2.45, 2.75) is 18.8 Å². The first-order chi connectivity index (χ1) is 5.21. The molecule has 0 atom stereocenters. The van der Waals surface area contributed by atoms with E-state index in [-0.39, 0.29) is 0 Å². The topological polar surface area (TPSA) is 9.23 Å². The molecule has 0 rings (SSSR count). The van der Waals surface area contributed by atoms with Crippen LogP contribution >= 0.6 is 0 Å². The van der Waals surface area contributed by atoms with Crippen molar-refractivity contribution in [2.75, 3.05) is 13.2 Å². The van der Waals surface area contributed by atoms with Gasteiger partial charge in [0.25, 0.3) is 0 Å². The second kappa shape index (κ2) is 3.97. The van der Waals surface area contributed by atoms with Gasteiger partial charge in [-0.3, -0.25) is 0 Å². The van der Waals surface area contributed by atoms with Crippen molar-refractivity contribution >= 4 is 0 Å². The molecule has 12 heavy (non-hydrogen) atoms. The third-order valence-corrected chi connectivity index (χ3v) is 0.796. The van der Waals surface area contributed by atoms with Gasteiger partial charge in [-0.25, -0.2) is 0 Å². The molecule has 0 aliphatic rings. The highest BCUT2D eigenvalue weighted by Crippen LogP contribution is 2.20. The van der Waals surface area contributed by atoms with E-state index >= 15 is 0 Å². The van der Waals surface area contributed by atoms with Crippen molar-refractivity contribution < 1.29 is 31.1 Å². The van der Waals surface area contributed by atoms with Crippen LogP contribution in [0.5, 0.6) is 0 Å². The molecule has 0 radical (unpaired) electrons. The molecule has 0 N–H and O–H groups in total. The minimum Gasteiger partial charge on any atom is -0.372 e. The van der Waals surface area contributed by atoms with Gasteiger partial charge in [-0.1, -0.05) is 0 Å². The normalized spacial score (nSPS) is 13.5. The molecule has 0 unspecified atom stereocenters. The molecule has 0 aromatic heterocycles. The third-order valence-electron chi connectivity index (χ3n) is 0.796. The monoisotopic (exact) mass is 196 g/mol. The number of alkyl halides is 6. The minimum absolute atomic E-state index is 0.955. The van der Waals surface area contributed by atoms with Gasteiger partial charge in [0, 0.05) is 0 Å². The Bertz CT molecular complexity index is 109. The van der Waals surface area contributed by atoms with Crippen LogP contribution in [0.15, 0.2) is 0 Å². The summed E-state index contributed by atoms with van der Waals surface area (Å²) in [4.78, 5) is 0. The van der Waals surface area contributed by atoms with Gasteiger partial charge in [-0.05, 0) is 0 Å². The van der Waals surface area contributed by atoms with E-state index in [1.54, 1.807) is 0 Å². The van der Waals surface area contributed by atoms with Crippen LogP contribution in [0.1, 0.15) is 6.42 Å². The molecule has 74 valence electrons. The van der Waals surface area contributed by atoms with Crippen molar-refractivity contribution in [1.82, 2.24) is 0 Å². The minimum atomic E-state index is -4.56. The molecule has 0 aromatic rings. The quantitative estimate of drug-likeness (QED) is 0.497. The van der Waals surface area contributed by atoms with Gasteiger partial charge in [-0.2, -0.15) is 26.3 Å². The van der Waals surface area contributed by atoms with E-state index in [0.29, 0.717) is 0 Å². The molecule has 0 amide bonds. The fraction of sp³-hybridized carbons (Fsp3) is 1.00. The first-order valence-corrected chi connectivity index (χ1v) is 2.92. The Morgan fingerprint density at radius 3 is 1.67 bits per heavy atom. The Kier molecular flexibility index (Phi) is 3.82. The predicted molar refractivity (Wildman–Crippen MR) is 27.5 cm³/mol. The standard InChI is InChI=1S/C5H6F6O/c6-4(7,8)1-2-12-3-5(9,10)11/h1-3H2. The molecule has 0 heterocycles. The molecule has 0 fully saturated rings. The van der Waals surface area contributed by atoms with Gasteiger partial charge in [0.2, 0.25) is 0 Å². The average molecular weight is 196 g/mol. The molecular formula is C5H6F6O. The second-order valence-electron chi connectivity index (χ2n) is 2.03. The zero-order valence-electron chi connectivity index (χ0n) is 5.80. The molecule has 0 aliphatic heterocycles. The van der Waals surface area contributed by atoms with Crippen LogP contribution in [0.4, 0.5) is 26.3 Å². The van der Waals surface area contributed by atoms with Gasteiger partial charge in [0.05, 0.1) is 13.0 Å². The van der Waals surface area contributed by atoms with Crippen molar-refractivity contribution in [3.63, 3.8) is 0 Å². The van der Waals surface area contributed by atoms with Crippen molar-refractivity contribution in [3.8, 4) is 0 Å². The number of hydrogen-bond donors (Lipinski definition) is 0. The predicted octanol–water partition coefficient (Wildman–Crippen LogP) is 2.52. The SMILES string of the molecule is FC(F)(F)CCOCC(F)(F)F. The summed E-state index contributed by atoms with van der Waals surface area (Å²) < 4.78 is 71.5. The average Bonchev–Trinajstić information content (AvgIpc) is 1.76. The molecule has 0 saturated carbocycles. The Balaban J connectivity index is 3.35. The summed E-state index contributed by atoms with van der Waals surface area (Å²) in [5.74, 6) is 0. The van der Waals surface area contributed by atoms with Gasteiger partial charge in [0.15, 0.2) is 0 Å². The van der Waals surface area contributed by atoms with Crippen LogP contribution in [-0.4, -0.2) is 25.6 Å². The lowest BCUT2D eigenvalue weighted by molar-refractivity contribution is -0.188. The smallest absolute Gasteiger partial charge is 0.372 e. The van der Waals surface area contributed by atoms with Crippen LogP contribution in [0.2, 0.25) is 0 Å². The molecule has 0 saturated heterocycles. The lowest BCUT2D eigenvalue weighted by Gasteiger charge is -2.08. The zero-order chi connectivity index (χ0) is 9.83.